The van der Waals surface area contributed by atoms with E-state index in [9.17, 15) is 4.79 Å². The van der Waals surface area contributed by atoms with Crippen LogP contribution in [0.5, 0.6) is 0 Å². The lowest BCUT2D eigenvalue weighted by Gasteiger charge is -2.35. The van der Waals surface area contributed by atoms with E-state index < -0.39 is 0 Å². The van der Waals surface area contributed by atoms with Crippen molar-refractivity contribution in [3.05, 3.63) is 46.5 Å². The maximum Gasteiger partial charge on any atom is 0.225 e. The Morgan fingerprint density at radius 3 is 2.62 bits per heavy atom. The predicted octanol–water partition coefficient (Wildman–Crippen LogP) is 4.07. The second-order valence-corrected chi connectivity index (χ2v) is 8.30. The summed E-state index contributed by atoms with van der Waals surface area (Å²) in [6, 6.07) is 8.66. The summed E-state index contributed by atoms with van der Waals surface area (Å²) >= 11 is 1.70. The minimum absolute atomic E-state index is 0.136. The van der Waals surface area contributed by atoms with Crippen molar-refractivity contribution >= 4 is 22.4 Å². The summed E-state index contributed by atoms with van der Waals surface area (Å²) in [5, 5.41) is 3.18. The first-order valence-electron chi connectivity index (χ1n) is 9.44. The van der Waals surface area contributed by atoms with Crippen LogP contribution in [0.3, 0.4) is 0 Å². The molecule has 0 spiro atoms. The molecule has 1 atom stereocenters. The first-order valence-corrected chi connectivity index (χ1v) is 10.3. The highest BCUT2D eigenvalue weighted by Crippen LogP contribution is 2.27. The Morgan fingerprint density at radius 1 is 1.31 bits per heavy atom. The van der Waals surface area contributed by atoms with E-state index in [2.05, 4.69) is 53.4 Å². The van der Waals surface area contributed by atoms with Crippen LogP contribution in [0.4, 0.5) is 5.13 Å². The van der Waals surface area contributed by atoms with E-state index in [0.717, 1.165) is 43.2 Å². The van der Waals surface area contributed by atoms with Crippen LogP contribution in [0.15, 0.2) is 29.6 Å². The van der Waals surface area contributed by atoms with Gasteiger partial charge in [-0.25, -0.2) is 4.98 Å². The van der Waals surface area contributed by atoms with Crippen LogP contribution in [0.2, 0.25) is 0 Å². The number of benzene rings is 1. The van der Waals surface area contributed by atoms with Crippen LogP contribution in [0, 0.1) is 19.8 Å². The van der Waals surface area contributed by atoms with E-state index in [-0.39, 0.29) is 12.0 Å². The maximum absolute atomic E-state index is 13.0. The molecule has 1 aromatic carbocycles. The lowest BCUT2D eigenvalue weighted by molar-refractivity contribution is -0.136. The van der Waals surface area contributed by atoms with Gasteiger partial charge in [-0.1, -0.05) is 24.3 Å². The highest BCUT2D eigenvalue weighted by molar-refractivity contribution is 7.13. The summed E-state index contributed by atoms with van der Waals surface area (Å²) in [6.07, 6.45) is 2.74. The maximum atomic E-state index is 13.0. The SMILES string of the molecule is Cc1csc(N2CCC(C(=O)N(C)C(C)Cc3ccccc3C)CC2)n1. The molecule has 0 radical (unpaired) electrons. The van der Waals surface area contributed by atoms with E-state index in [4.69, 9.17) is 0 Å². The second kappa shape index (κ2) is 8.21. The molecule has 1 aliphatic rings. The van der Waals surface area contributed by atoms with Gasteiger partial charge in [0.05, 0.1) is 5.69 Å². The molecule has 3 rings (SSSR count). The molecular formula is C21H29N3OS. The third kappa shape index (κ3) is 4.26. The number of thiazole rings is 1. The Kier molecular flexibility index (Phi) is 5.97. The highest BCUT2D eigenvalue weighted by Gasteiger charge is 2.29. The van der Waals surface area contributed by atoms with Gasteiger partial charge in [0.15, 0.2) is 5.13 Å². The molecule has 0 aliphatic carbocycles. The molecule has 140 valence electrons. The normalized spacial score (nSPS) is 16.5. The van der Waals surface area contributed by atoms with Crippen molar-refractivity contribution in [3.63, 3.8) is 0 Å². The molecular weight excluding hydrogens is 342 g/mol. The molecule has 1 aromatic heterocycles. The fourth-order valence-corrected chi connectivity index (χ4v) is 4.46. The lowest BCUT2D eigenvalue weighted by atomic mass is 9.94. The number of amides is 1. The van der Waals surface area contributed by atoms with Gasteiger partial charge in [-0.15, -0.1) is 11.3 Å². The van der Waals surface area contributed by atoms with Crippen LogP contribution in [0.1, 0.15) is 36.6 Å². The molecule has 4 nitrogen and oxygen atoms in total. The highest BCUT2D eigenvalue weighted by atomic mass is 32.1. The van der Waals surface area contributed by atoms with E-state index in [1.807, 2.05) is 18.9 Å². The zero-order valence-electron chi connectivity index (χ0n) is 16.2. The average Bonchev–Trinajstić information content (AvgIpc) is 3.09. The van der Waals surface area contributed by atoms with Crippen LogP contribution in [0.25, 0.3) is 0 Å². The fraction of sp³-hybridized carbons (Fsp3) is 0.524. The number of nitrogens with zero attached hydrogens (tertiary/aromatic N) is 3. The van der Waals surface area contributed by atoms with E-state index in [1.54, 1.807) is 11.3 Å². The van der Waals surface area contributed by atoms with Gasteiger partial charge < -0.3 is 9.80 Å². The Bertz CT molecular complexity index is 749. The van der Waals surface area contributed by atoms with E-state index in [1.165, 1.54) is 11.1 Å². The first-order chi connectivity index (χ1) is 12.5. The zero-order chi connectivity index (χ0) is 18.7. The van der Waals surface area contributed by atoms with Gasteiger partial charge in [0.2, 0.25) is 5.91 Å². The molecule has 1 amide bonds. The number of rotatable bonds is 5. The largest absolute Gasteiger partial charge is 0.348 e. The molecule has 0 N–H and O–H groups in total. The van der Waals surface area contributed by atoms with Gasteiger partial charge in [0, 0.05) is 37.5 Å². The topological polar surface area (TPSA) is 36.4 Å². The quantitative estimate of drug-likeness (QED) is 0.795. The van der Waals surface area contributed by atoms with Crippen molar-refractivity contribution in [3.8, 4) is 0 Å². The summed E-state index contributed by atoms with van der Waals surface area (Å²) in [5.74, 6) is 0.428. The number of piperidine rings is 1. The van der Waals surface area contributed by atoms with Gasteiger partial charge in [-0.05, 0) is 51.2 Å². The number of aromatic nitrogens is 1. The van der Waals surface area contributed by atoms with Crippen molar-refractivity contribution in [2.45, 2.75) is 46.1 Å². The Labute approximate surface area is 160 Å². The van der Waals surface area contributed by atoms with Crippen LogP contribution in [-0.4, -0.2) is 42.0 Å². The minimum atomic E-state index is 0.136. The molecule has 1 saturated heterocycles. The van der Waals surface area contributed by atoms with Gasteiger partial charge in [0.1, 0.15) is 0 Å². The molecule has 1 aliphatic heterocycles. The number of likely N-dealkylation sites (N-methyl/N-ethyl adjacent to an activating group) is 1. The standard InChI is InChI=1S/C21H29N3OS/c1-15-7-5-6-8-19(15)13-17(3)23(4)20(25)18-9-11-24(12-10-18)21-22-16(2)14-26-21/h5-8,14,17-18H,9-13H2,1-4H3. The summed E-state index contributed by atoms with van der Waals surface area (Å²) in [7, 11) is 1.96. The smallest absolute Gasteiger partial charge is 0.225 e. The van der Waals surface area contributed by atoms with Gasteiger partial charge in [-0.2, -0.15) is 0 Å². The van der Waals surface area contributed by atoms with Crippen molar-refractivity contribution < 1.29 is 4.79 Å². The molecule has 2 aromatic rings. The lowest BCUT2D eigenvalue weighted by Crippen LogP contribution is -2.44. The second-order valence-electron chi connectivity index (χ2n) is 7.46. The average molecular weight is 372 g/mol. The Morgan fingerprint density at radius 2 is 2.00 bits per heavy atom. The number of aryl methyl sites for hydroxylation is 2. The van der Waals surface area contributed by atoms with Gasteiger partial charge in [-0.3, -0.25) is 4.79 Å². The van der Waals surface area contributed by atoms with E-state index in [0.29, 0.717) is 5.91 Å². The number of anilines is 1. The van der Waals surface area contributed by atoms with E-state index >= 15 is 0 Å². The summed E-state index contributed by atoms with van der Waals surface area (Å²) < 4.78 is 0. The van der Waals surface area contributed by atoms with Crippen LogP contribution < -0.4 is 4.90 Å². The van der Waals surface area contributed by atoms with Crippen molar-refractivity contribution in [2.75, 3.05) is 25.0 Å². The molecule has 1 fully saturated rings. The first kappa shape index (κ1) is 18.9. The molecule has 5 heteroatoms. The van der Waals surface area contributed by atoms with Crippen molar-refractivity contribution in [1.82, 2.24) is 9.88 Å². The fourth-order valence-electron chi connectivity index (χ4n) is 3.60. The summed E-state index contributed by atoms with van der Waals surface area (Å²) in [4.78, 5) is 21.8. The van der Waals surface area contributed by atoms with Crippen molar-refractivity contribution in [1.29, 1.82) is 0 Å². The Hall–Kier alpha value is -1.88. The third-order valence-electron chi connectivity index (χ3n) is 5.51. The number of hydrogen-bond acceptors (Lipinski definition) is 4. The molecule has 2 heterocycles. The molecule has 0 bridgehead atoms. The summed E-state index contributed by atoms with van der Waals surface area (Å²) in [5.41, 5.74) is 3.70. The van der Waals surface area contributed by atoms with Crippen LogP contribution >= 0.6 is 11.3 Å². The molecule has 26 heavy (non-hydrogen) atoms. The van der Waals surface area contributed by atoms with Gasteiger partial charge in [0.25, 0.3) is 0 Å². The van der Waals surface area contributed by atoms with Crippen molar-refractivity contribution in [2.24, 2.45) is 5.92 Å². The monoisotopic (exact) mass is 371 g/mol. The van der Waals surface area contributed by atoms with Gasteiger partial charge >= 0.3 is 0 Å². The van der Waals surface area contributed by atoms with Crippen LogP contribution in [-0.2, 0) is 11.2 Å². The number of hydrogen-bond donors (Lipinski definition) is 0. The molecule has 0 saturated carbocycles. The Balaban J connectivity index is 1.55. The zero-order valence-corrected chi connectivity index (χ0v) is 17.1. The third-order valence-corrected chi connectivity index (χ3v) is 6.53. The number of carbonyl (C=O) groups is 1. The summed E-state index contributed by atoms with van der Waals surface area (Å²) in [6.45, 7) is 8.16. The predicted molar refractivity (Wildman–Crippen MR) is 109 cm³/mol. The number of carbonyl (C=O) groups excluding carboxylic acids is 1. The minimum Gasteiger partial charge on any atom is -0.348 e. The molecule has 1 unspecified atom stereocenters.